The standard InChI is InChI=1S/C18H27NO3/c20-18(21)16-9-8-10-17(15-16)22-14-13-19-11-6-4-2-1-3-5-7-12-19/h8-10,15H,1-7,11-14H2,(H,20,21). The van der Waals surface area contributed by atoms with Crippen LogP contribution in [0.3, 0.4) is 0 Å². The molecule has 0 amide bonds. The van der Waals surface area contributed by atoms with E-state index in [-0.39, 0.29) is 5.56 Å². The summed E-state index contributed by atoms with van der Waals surface area (Å²) >= 11 is 0. The van der Waals surface area contributed by atoms with Crippen LogP contribution in [-0.2, 0) is 0 Å². The van der Waals surface area contributed by atoms with Crippen molar-refractivity contribution in [3.63, 3.8) is 0 Å². The second kappa shape index (κ2) is 9.46. The molecule has 0 atom stereocenters. The van der Waals surface area contributed by atoms with Crippen LogP contribution in [0.1, 0.15) is 55.3 Å². The summed E-state index contributed by atoms with van der Waals surface area (Å²) in [7, 11) is 0. The van der Waals surface area contributed by atoms with Gasteiger partial charge in [-0.25, -0.2) is 4.79 Å². The Balaban J connectivity index is 1.76. The van der Waals surface area contributed by atoms with E-state index in [0.29, 0.717) is 12.4 Å². The highest BCUT2D eigenvalue weighted by Crippen LogP contribution is 2.14. The fraction of sp³-hybridized carbons (Fsp3) is 0.611. The molecule has 4 nitrogen and oxygen atoms in total. The van der Waals surface area contributed by atoms with Gasteiger partial charge < -0.3 is 9.84 Å². The van der Waals surface area contributed by atoms with E-state index in [9.17, 15) is 4.79 Å². The molecule has 1 aliphatic rings. The molecule has 22 heavy (non-hydrogen) atoms. The van der Waals surface area contributed by atoms with Gasteiger partial charge in [-0.3, -0.25) is 4.90 Å². The highest BCUT2D eigenvalue weighted by atomic mass is 16.5. The summed E-state index contributed by atoms with van der Waals surface area (Å²) in [6, 6.07) is 6.71. The first-order chi connectivity index (χ1) is 10.8. The van der Waals surface area contributed by atoms with E-state index < -0.39 is 5.97 Å². The first kappa shape index (κ1) is 16.8. The second-order valence-corrected chi connectivity index (χ2v) is 6.00. The van der Waals surface area contributed by atoms with Crippen molar-refractivity contribution in [1.82, 2.24) is 4.90 Å². The normalized spacial score (nSPS) is 17.8. The molecule has 0 unspecified atom stereocenters. The molecule has 1 aromatic rings. The van der Waals surface area contributed by atoms with Crippen LogP contribution in [0.5, 0.6) is 5.75 Å². The average molecular weight is 305 g/mol. The van der Waals surface area contributed by atoms with Crippen LogP contribution >= 0.6 is 0 Å². The third kappa shape index (κ3) is 6.06. The predicted molar refractivity (Wildman–Crippen MR) is 87.7 cm³/mol. The number of carboxylic acids is 1. The second-order valence-electron chi connectivity index (χ2n) is 6.00. The highest BCUT2D eigenvalue weighted by Gasteiger charge is 2.08. The maximum atomic E-state index is 10.9. The van der Waals surface area contributed by atoms with E-state index in [4.69, 9.17) is 9.84 Å². The minimum atomic E-state index is -0.915. The highest BCUT2D eigenvalue weighted by molar-refractivity contribution is 5.87. The molecule has 1 aromatic carbocycles. The molecular weight excluding hydrogens is 278 g/mol. The molecular formula is C18H27NO3. The number of nitrogens with zero attached hydrogens (tertiary/aromatic N) is 1. The van der Waals surface area contributed by atoms with E-state index in [1.165, 1.54) is 44.9 Å². The van der Waals surface area contributed by atoms with Gasteiger partial charge in [-0.15, -0.1) is 0 Å². The van der Waals surface area contributed by atoms with Crippen molar-refractivity contribution in [2.45, 2.75) is 44.9 Å². The van der Waals surface area contributed by atoms with Crippen molar-refractivity contribution in [3.8, 4) is 5.75 Å². The number of hydrogen-bond donors (Lipinski definition) is 1. The Morgan fingerprint density at radius 1 is 1.05 bits per heavy atom. The number of rotatable bonds is 5. The molecule has 1 saturated heterocycles. The van der Waals surface area contributed by atoms with Crippen molar-refractivity contribution in [1.29, 1.82) is 0 Å². The zero-order chi connectivity index (χ0) is 15.6. The van der Waals surface area contributed by atoms with Crippen molar-refractivity contribution >= 4 is 5.97 Å². The number of ether oxygens (including phenoxy) is 1. The summed E-state index contributed by atoms with van der Waals surface area (Å²) in [6.07, 6.45) is 9.33. The number of carbonyl (C=O) groups is 1. The lowest BCUT2D eigenvalue weighted by atomic mass is 10.1. The van der Waals surface area contributed by atoms with Gasteiger partial charge in [0.05, 0.1) is 5.56 Å². The first-order valence-electron chi connectivity index (χ1n) is 8.44. The van der Waals surface area contributed by atoms with Gasteiger partial charge in [0.25, 0.3) is 0 Å². The molecule has 1 N–H and O–H groups in total. The quantitative estimate of drug-likeness (QED) is 0.898. The van der Waals surface area contributed by atoms with Gasteiger partial charge in [-0.2, -0.15) is 0 Å². The number of hydrogen-bond acceptors (Lipinski definition) is 3. The van der Waals surface area contributed by atoms with Crippen LogP contribution in [0.25, 0.3) is 0 Å². The lowest BCUT2D eigenvalue weighted by molar-refractivity contribution is 0.0696. The lowest BCUT2D eigenvalue weighted by Crippen LogP contribution is -2.30. The van der Waals surface area contributed by atoms with Gasteiger partial charge in [0.1, 0.15) is 12.4 Å². The topological polar surface area (TPSA) is 49.8 Å². The summed E-state index contributed by atoms with van der Waals surface area (Å²) in [5.41, 5.74) is 0.275. The molecule has 0 radical (unpaired) electrons. The molecule has 4 heteroatoms. The van der Waals surface area contributed by atoms with Crippen LogP contribution in [0, 0.1) is 0 Å². The van der Waals surface area contributed by atoms with Crippen LogP contribution in [0.4, 0.5) is 0 Å². The summed E-state index contributed by atoms with van der Waals surface area (Å²) < 4.78 is 5.72. The minimum absolute atomic E-state index is 0.275. The summed E-state index contributed by atoms with van der Waals surface area (Å²) in [6.45, 7) is 3.83. The maximum absolute atomic E-state index is 10.9. The van der Waals surface area contributed by atoms with Gasteiger partial charge in [0, 0.05) is 6.54 Å². The van der Waals surface area contributed by atoms with E-state index in [2.05, 4.69) is 4.90 Å². The average Bonchev–Trinajstić information content (AvgIpc) is 2.53. The molecule has 1 aliphatic heterocycles. The Hall–Kier alpha value is -1.55. The predicted octanol–water partition coefficient (Wildman–Crippen LogP) is 3.81. The van der Waals surface area contributed by atoms with E-state index in [1.807, 2.05) is 6.07 Å². The Kier molecular flexibility index (Phi) is 7.23. The summed E-state index contributed by atoms with van der Waals surface area (Å²) in [5, 5.41) is 8.98. The van der Waals surface area contributed by atoms with Crippen LogP contribution < -0.4 is 4.74 Å². The number of benzene rings is 1. The van der Waals surface area contributed by atoms with E-state index in [0.717, 1.165) is 19.6 Å². The van der Waals surface area contributed by atoms with Crippen molar-refractivity contribution < 1.29 is 14.6 Å². The molecule has 0 aromatic heterocycles. The summed E-state index contributed by atoms with van der Waals surface area (Å²) in [5.74, 6) is -0.275. The smallest absolute Gasteiger partial charge is 0.335 e. The fourth-order valence-corrected chi connectivity index (χ4v) is 2.90. The molecule has 0 aliphatic carbocycles. The molecule has 0 saturated carbocycles. The third-order valence-corrected chi connectivity index (χ3v) is 4.21. The Labute approximate surface area is 133 Å². The van der Waals surface area contributed by atoms with Crippen molar-refractivity contribution in [3.05, 3.63) is 29.8 Å². The van der Waals surface area contributed by atoms with Crippen LogP contribution in [0.2, 0.25) is 0 Å². The minimum Gasteiger partial charge on any atom is -0.492 e. The van der Waals surface area contributed by atoms with Crippen molar-refractivity contribution in [2.75, 3.05) is 26.2 Å². The number of aromatic carboxylic acids is 1. The fourth-order valence-electron chi connectivity index (χ4n) is 2.90. The van der Waals surface area contributed by atoms with Gasteiger partial charge in [0.2, 0.25) is 0 Å². The van der Waals surface area contributed by atoms with Crippen LogP contribution in [0.15, 0.2) is 24.3 Å². The van der Waals surface area contributed by atoms with Gasteiger partial charge in [0.15, 0.2) is 0 Å². The third-order valence-electron chi connectivity index (χ3n) is 4.21. The zero-order valence-corrected chi connectivity index (χ0v) is 13.3. The van der Waals surface area contributed by atoms with E-state index >= 15 is 0 Å². The lowest BCUT2D eigenvalue weighted by Gasteiger charge is -2.23. The zero-order valence-electron chi connectivity index (χ0n) is 13.3. The molecule has 0 bridgehead atoms. The van der Waals surface area contributed by atoms with Gasteiger partial charge in [-0.05, 0) is 44.1 Å². The maximum Gasteiger partial charge on any atom is 0.335 e. The SMILES string of the molecule is O=C(O)c1cccc(OCCN2CCCCCCCCC2)c1. The molecule has 1 fully saturated rings. The van der Waals surface area contributed by atoms with E-state index in [1.54, 1.807) is 18.2 Å². The van der Waals surface area contributed by atoms with Gasteiger partial charge >= 0.3 is 5.97 Å². The Morgan fingerprint density at radius 3 is 2.32 bits per heavy atom. The number of carboxylic acid groups (broad SMARTS) is 1. The summed E-state index contributed by atoms with van der Waals surface area (Å²) in [4.78, 5) is 13.4. The molecule has 122 valence electrons. The van der Waals surface area contributed by atoms with Gasteiger partial charge in [-0.1, -0.05) is 38.2 Å². The largest absolute Gasteiger partial charge is 0.492 e. The first-order valence-corrected chi connectivity index (χ1v) is 8.44. The van der Waals surface area contributed by atoms with Crippen molar-refractivity contribution in [2.24, 2.45) is 0 Å². The molecule has 1 heterocycles. The molecule has 2 rings (SSSR count). The monoisotopic (exact) mass is 305 g/mol. The Bertz CT molecular complexity index is 451. The molecule has 0 spiro atoms. The van der Waals surface area contributed by atoms with Crippen LogP contribution in [-0.4, -0.2) is 42.2 Å². The Morgan fingerprint density at radius 2 is 1.68 bits per heavy atom.